The molecule has 0 fully saturated rings. The van der Waals surface area contributed by atoms with Crippen LogP contribution in [0.3, 0.4) is 0 Å². The molecule has 0 aliphatic heterocycles. The largest absolute Gasteiger partial charge is 0.275 e. The summed E-state index contributed by atoms with van der Waals surface area (Å²) in [6.45, 7) is 0. The van der Waals surface area contributed by atoms with E-state index in [-0.39, 0.29) is 0 Å². The number of hydrogen-bond donors (Lipinski definition) is 0. The first-order valence-corrected chi connectivity index (χ1v) is 8.24. The van der Waals surface area contributed by atoms with E-state index < -0.39 is 0 Å². The van der Waals surface area contributed by atoms with Crippen LogP contribution in [0.1, 0.15) is 11.4 Å². The molecule has 4 nitrogen and oxygen atoms in total. The van der Waals surface area contributed by atoms with Crippen molar-refractivity contribution in [2.45, 2.75) is 6.42 Å². The quantitative estimate of drug-likeness (QED) is 0.566. The maximum Gasteiger partial charge on any atom is 0.134 e. The van der Waals surface area contributed by atoms with Crippen LogP contribution in [0.15, 0.2) is 79.1 Å². The average molecular weight is 326 g/mol. The molecule has 122 valence electrons. The van der Waals surface area contributed by atoms with Crippen LogP contribution in [0.2, 0.25) is 0 Å². The van der Waals surface area contributed by atoms with Crippen molar-refractivity contribution in [2.75, 3.05) is 0 Å². The first-order chi connectivity index (χ1) is 12.3. The van der Waals surface area contributed by atoms with Crippen molar-refractivity contribution in [3.63, 3.8) is 0 Å². The monoisotopic (exact) mass is 326 g/mol. The van der Waals surface area contributed by atoms with Crippen molar-refractivity contribution in [3.05, 3.63) is 90.5 Å². The van der Waals surface area contributed by atoms with Gasteiger partial charge in [-0.05, 0) is 11.6 Å². The predicted octanol–water partition coefficient (Wildman–Crippen LogP) is 4.13. The second kappa shape index (κ2) is 6.69. The van der Waals surface area contributed by atoms with Crippen molar-refractivity contribution >= 4 is 0 Å². The highest BCUT2D eigenvalue weighted by atomic mass is 15.2. The third-order valence-corrected chi connectivity index (χ3v) is 4.05. The minimum Gasteiger partial charge on any atom is -0.275 e. The van der Waals surface area contributed by atoms with E-state index in [0.717, 1.165) is 28.3 Å². The molecule has 0 unspecified atom stereocenters. The highest BCUT2D eigenvalue weighted by Gasteiger charge is 2.10. The van der Waals surface area contributed by atoms with Crippen molar-refractivity contribution in [1.29, 1.82) is 0 Å². The lowest BCUT2D eigenvalue weighted by Crippen LogP contribution is -2.00. The summed E-state index contributed by atoms with van der Waals surface area (Å²) in [5.41, 5.74) is 5.11. The third kappa shape index (κ3) is 3.48. The molecule has 0 saturated heterocycles. The van der Waals surface area contributed by atoms with E-state index in [2.05, 4.69) is 29.4 Å². The summed E-state index contributed by atoms with van der Waals surface area (Å²) in [5.74, 6) is 0.811. The molecule has 2 aromatic carbocycles. The van der Waals surface area contributed by atoms with Crippen LogP contribution in [-0.2, 0) is 13.5 Å². The standard InChI is InChI=1S/C21H18N4/c1-25-15-18(14-22-25)20-13-19(17-10-6-3-7-11-17)23-21(24-20)12-16-8-4-2-5-9-16/h2-11,13-15H,12H2,1H3. The fourth-order valence-corrected chi connectivity index (χ4v) is 2.81. The number of aryl methyl sites for hydroxylation is 1. The summed E-state index contributed by atoms with van der Waals surface area (Å²) in [4.78, 5) is 9.57. The van der Waals surface area contributed by atoms with E-state index in [1.165, 1.54) is 5.56 Å². The molecular formula is C21H18N4. The number of benzene rings is 2. The molecule has 0 aliphatic carbocycles. The van der Waals surface area contributed by atoms with Gasteiger partial charge in [0.25, 0.3) is 0 Å². The lowest BCUT2D eigenvalue weighted by atomic mass is 10.1. The Labute approximate surface area is 146 Å². The number of rotatable bonds is 4. The van der Waals surface area contributed by atoms with Crippen LogP contribution in [0, 0.1) is 0 Å². The highest BCUT2D eigenvalue weighted by Crippen LogP contribution is 2.24. The lowest BCUT2D eigenvalue weighted by molar-refractivity contribution is 0.768. The molecular weight excluding hydrogens is 308 g/mol. The summed E-state index contributed by atoms with van der Waals surface area (Å²) >= 11 is 0. The van der Waals surface area contributed by atoms with Gasteiger partial charge in [-0.2, -0.15) is 5.10 Å². The zero-order valence-corrected chi connectivity index (χ0v) is 14.0. The molecule has 0 atom stereocenters. The molecule has 0 amide bonds. The van der Waals surface area contributed by atoms with E-state index in [4.69, 9.17) is 9.97 Å². The van der Waals surface area contributed by atoms with E-state index in [0.29, 0.717) is 6.42 Å². The normalized spacial score (nSPS) is 10.8. The maximum absolute atomic E-state index is 4.79. The third-order valence-electron chi connectivity index (χ3n) is 4.05. The SMILES string of the molecule is Cn1cc(-c2cc(-c3ccccc3)nc(Cc3ccccc3)n2)cn1. The minimum absolute atomic E-state index is 0.703. The fraction of sp³-hybridized carbons (Fsp3) is 0.0952. The van der Waals surface area contributed by atoms with Gasteiger partial charge >= 0.3 is 0 Å². The van der Waals surface area contributed by atoms with Crippen molar-refractivity contribution in [1.82, 2.24) is 19.7 Å². The topological polar surface area (TPSA) is 43.6 Å². The summed E-state index contributed by atoms with van der Waals surface area (Å²) in [6, 6.07) is 22.5. The first-order valence-electron chi connectivity index (χ1n) is 8.24. The van der Waals surface area contributed by atoms with Crippen LogP contribution < -0.4 is 0 Å². The lowest BCUT2D eigenvalue weighted by Gasteiger charge is -2.08. The molecule has 0 spiro atoms. The average Bonchev–Trinajstić information content (AvgIpc) is 3.10. The Bertz CT molecular complexity index is 975. The highest BCUT2D eigenvalue weighted by molar-refractivity contribution is 5.67. The van der Waals surface area contributed by atoms with Gasteiger partial charge in [0.05, 0.1) is 17.6 Å². The Balaban J connectivity index is 1.80. The Morgan fingerprint density at radius 1 is 0.800 bits per heavy atom. The van der Waals surface area contributed by atoms with Gasteiger partial charge in [-0.1, -0.05) is 60.7 Å². The van der Waals surface area contributed by atoms with Gasteiger partial charge in [0.15, 0.2) is 0 Å². The van der Waals surface area contributed by atoms with Gasteiger partial charge in [-0.15, -0.1) is 0 Å². The second-order valence-electron chi connectivity index (χ2n) is 5.99. The molecule has 2 heterocycles. The fourth-order valence-electron chi connectivity index (χ4n) is 2.81. The molecule has 4 heteroatoms. The molecule has 0 radical (unpaired) electrons. The van der Waals surface area contributed by atoms with Gasteiger partial charge in [0, 0.05) is 30.8 Å². The number of nitrogens with zero attached hydrogens (tertiary/aromatic N) is 4. The smallest absolute Gasteiger partial charge is 0.134 e. The molecule has 0 N–H and O–H groups in total. The minimum atomic E-state index is 0.703. The molecule has 0 saturated carbocycles. The van der Waals surface area contributed by atoms with Crippen LogP contribution in [0.25, 0.3) is 22.5 Å². The van der Waals surface area contributed by atoms with Crippen LogP contribution in [-0.4, -0.2) is 19.7 Å². The van der Waals surface area contributed by atoms with Crippen molar-refractivity contribution in [2.24, 2.45) is 7.05 Å². The molecule has 4 aromatic rings. The van der Waals surface area contributed by atoms with E-state index >= 15 is 0 Å². The van der Waals surface area contributed by atoms with Crippen LogP contribution >= 0.6 is 0 Å². The Hall–Kier alpha value is -3.27. The van der Waals surface area contributed by atoms with Crippen LogP contribution in [0.4, 0.5) is 0 Å². The summed E-state index contributed by atoms with van der Waals surface area (Å²) in [5, 5.41) is 4.27. The maximum atomic E-state index is 4.79. The number of hydrogen-bond acceptors (Lipinski definition) is 3. The molecule has 25 heavy (non-hydrogen) atoms. The van der Waals surface area contributed by atoms with Crippen molar-refractivity contribution in [3.8, 4) is 22.5 Å². The van der Waals surface area contributed by atoms with Gasteiger partial charge in [-0.25, -0.2) is 9.97 Å². The summed E-state index contributed by atoms with van der Waals surface area (Å²) in [6.07, 6.45) is 4.52. The van der Waals surface area contributed by atoms with E-state index in [1.807, 2.05) is 61.9 Å². The molecule has 4 rings (SSSR count). The van der Waals surface area contributed by atoms with Crippen LogP contribution in [0.5, 0.6) is 0 Å². The van der Waals surface area contributed by atoms with E-state index in [9.17, 15) is 0 Å². The zero-order valence-electron chi connectivity index (χ0n) is 14.0. The predicted molar refractivity (Wildman–Crippen MR) is 98.9 cm³/mol. The Morgan fingerprint density at radius 2 is 1.44 bits per heavy atom. The summed E-state index contributed by atoms with van der Waals surface area (Å²) < 4.78 is 1.79. The molecule has 0 bridgehead atoms. The number of aromatic nitrogens is 4. The zero-order chi connectivity index (χ0) is 17.1. The Kier molecular flexibility index (Phi) is 4.09. The van der Waals surface area contributed by atoms with Crippen molar-refractivity contribution < 1.29 is 0 Å². The molecule has 2 aromatic heterocycles. The summed E-state index contributed by atoms with van der Waals surface area (Å²) in [7, 11) is 1.91. The van der Waals surface area contributed by atoms with Gasteiger partial charge in [-0.3, -0.25) is 4.68 Å². The Morgan fingerprint density at radius 3 is 2.08 bits per heavy atom. The first kappa shape index (κ1) is 15.3. The van der Waals surface area contributed by atoms with E-state index in [1.54, 1.807) is 4.68 Å². The van der Waals surface area contributed by atoms with Gasteiger partial charge in [0.1, 0.15) is 5.82 Å². The molecule has 0 aliphatic rings. The van der Waals surface area contributed by atoms with Gasteiger partial charge in [0.2, 0.25) is 0 Å². The second-order valence-corrected chi connectivity index (χ2v) is 5.99. The van der Waals surface area contributed by atoms with Gasteiger partial charge < -0.3 is 0 Å².